The van der Waals surface area contributed by atoms with Crippen LogP contribution in [0.15, 0.2) is 30.3 Å². The zero-order valence-corrected chi connectivity index (χ0v) is 9.36. The Hall–Kier alpha value is -1.57. The summed E-state index contributed by atoms with van der Waals surface area (Å²) in [6.45, 7) is 3.82. The number of esters is 1. The van der Waals surface area contributed by atoms with Crippen molar-refractivity contribution < 1.29 is 9.53 Å². The van der Waals surface area contributed by atoms with Gasteiger partial charge in [0.25, 0.3) is 0 Å². The van der Waals surface area contributed by atoms with Crippen molar-refractivity contribution >= 4 is 12.0 Å². The second-order valence-corrected chi connectivity index (χ2v) is 3.41. The molecule has 0 bridgehead atoms. The summed E-state index contributed by atoms with van der Waals surface area (Å²) in [4.78, 5) is 11.3. The Morgan fingerprint density at radius 2 is 2.20 bits per heavy atom. The second-order valence-electron chi connectivity index (χ2n) is 3.41. The van der Waals surface area contributed by atoms with Crippen molar-refractivity contribution in [3.8, 4) is 0 Å². The van der Waals surface area contributed by atoms with Crippen LogP contribution in [-0.2, 0) is 9.53 Å². The lowest BCUT2D eigenvalue weighted by Crippen LogP contribution is -2.10. The molecule has 1 aromatic rings. The number of rotatable bonds is 3. The van der Waals surface area contributed by atoms with E-state index in [1.165, 1.54) is 7.11 Å². The summed E-state index contributed by atoms with van der Waals surface area (Å²) in [6.07, 6.45) is 3.98. The highest BCUT2D eigenvalue weighted by molar-refractivity contribution is 5.77. The minimum absolute atomic E-state index is 0.201. The highest BCUT2D eigenvalue weighted by Gasteiger charge is 2.14. The molecule has 0 unspecified atom stereocenters. The summed E-state index contributed by atoms with van der Waals surface area (Å²) < 4.78 is 4.71. The van der Waals surface area contributed by atoms with Crippen LogP contribution in [-0.4, -0.2) is 13.1 Å². The van der Waals surface area contributed by atoms with Crippen molar-refractivity contribution in [3.05, 3.63) is 41.5 Å². The molecule has 1 atom stereocenters. The largest absolute Gasteiger partial charge is 0.469 e. The molecule has 15 heavy (non-hydrogen) atoms. The lowest BCUT2D eigenvalue weighted by atomic mass is 9.99. The van der Waals surface area contributed by atoms with E-state index in [2.05, 4.69) is 0 Å². The molecular formula is C13H16O2. The van der Waals surface area contributed by atoms with Gasteiger partial charge in [-0.3, -0.25) is 4.79 Å². The zero-order valence-electron chi connectivity index (χ0n) is 9.36. The van der Waals surface area contributed by atoms with E-state index in [1.54, 1.807) is 0 Å². The van der Waals surface area contributed by atoms with Crippen molar-refractivity contribution in [2.45, 2.75) is 19.8 Å². The van der Waals surface area contributed by atoms with E-state index >= 15 is 0 Å². The summed E-state index contributed by atoms with van der Waals surface area (Å²) in [6, 6.07) is 7.90. The van der Waals surface area contributed by atoms with Crippen molar-refractivity contribution in [2.75, 3.05) is 7.11 Å². The Labute approximate surface area is 90.6 Å². The Morgan fingerprint density at radius 3 is 2.80 bits per heavy atom. The summed E-state index contributed by atoms with van der Waals surface area (Å²) in [7, 11) is 1.41. The van der Waals surface area contributed by atoms with E-state index in [-0.39, 0.29) is 11.9 Å². The lowest BCUT2D eigenvalue weighted by molar-refractivity contribution is -0.141. The standard InChI is InChI=1S/C13H16O2/c1-4-6-11-7-5-8-12(9-11)10(2)13(14)15-3/h4-10H,1-3H3/b6-4+/t10-/m1/s1. The summed E-state index contributed by atoms with van der Waals surface area (Å²) >= 11 is 0. The Balaban J connectivity index is 2.94. The second kappa shape index (κ2) is 5.35. The lowest BCUT2D eigenvalue weighted by Gasteiger charge is -2.09. The van der Waals surface area contributed by atoms with Crippen LogP contribution in [0, 0.1) is 0 Å². The first kappa shape index (κ1) is 11.5. The molecule has 0 amide bonds. The summed E-state index contributed by atoms with van der Waals surface area (Å²) in [5, 5.41) is 0. The third-order valence-electron chi connectivity index (χ3n) is 2.32. The van der Waals surface area contributed by atoms with Crippen LogP contribution in [0.4, 0.5) is 0 Å². The van der Waals surface area contributed by atoms with Crippen LogP contribution in [0.1, 0.15) is 30.9 Å². The molecule has 2 nitrogen and oxygen atoms in total. The van der Waals surface area contributed by atoms with Crippen molar-refractivity contribution in [1.29, 1.82) is 0 Å². The molecule has 0 aliphatic heterocycles. The molecule has 0 aliphatic rings. The molecular weight excluding hydrogens is 188 g/mol. The molecule has 0 spiro atoms. The number of ether oxygens (including phenoxy) is 1. The van der Waals surface area contributed by atoms with E-state index in [1.807, 2.05) is 50.3 Å². The molecule has 0 heterocycles. The maximum Gasteiger partial charge on any atom is 0.312 e. The van der Waals surface area contributed by atoms with Gasteiger partial charge in [-0.25, -0.2) is 0 Å². The number of allylic oxidation sites excluding steroid dienone is 1. The van der Waals surface area contributed by atoms with E-state index < -0.39 is 0 Å². The van der Waals surface area contributed by atoms with Gasteiger partial charge in [0.15, 0.2) is 0 Å². The normalized spacial score (nSPS) is 12.7. The number of hydrogen-bond donors (Lipinski definition) is 0. The monoisotopic (exact) mass is 204 g/mol. The fraction of sp³-hybridized carbons (Fsp3) is 0.308. The molecule has 0 fully saturated rings. The highest BCUT2D eigenvalue weighted by atomic mass is 16.5. The Morgan fingerprint density at radius 1 is 1.47 bits per heavy atom. The number of methoxy groups -OCH3 is 1. The first-order chi connectivity index (χ1) is 7.19. The quantitative estimate of drug-likeness (QED) is 0.707. The topological polar surface area (TPSA) is 26.3 Å². The van der Waals surface area contributed by atoms with Gasteiger partial charge in [-0.15, -0.1) is 0 Å². The smallest absolute Gasteiger partial charge is 0.312 e. The van der Waals surface area contributed by atoms with Gasteiger partial charge in [-0.05, 0) is 25.0 Å². The molecule has 0 saturated carbocycles. The molecule has 0 aliphatic carbocycles. The zero-order chi connectivity index (χ0) is 11.3. The van der Waals surface area contributed by atoms with E-state index in [0.717, 1.165) is 11.1 Å². The van der Waals surface area contributed by atoms with Crippen LogP contribution in [0.25, 0.3) is 6.08 Å². The molecule has 0 radical (unpaired) electrons. The molecule has 0 aromatic heterocycles. The van der Waals surface area contributed by atoms with E-state index in [4.69, 9.17) is 4.74 Å². The molecule has 1 aromatic carbocycles. The van der Waals surface area contributed by atoms with Gasteiger partial charge in [0.05, 0.1) is 13.0 Å². The fourth-order valence-electron chi connectivity index (χ4n) is 1.44. The predicted molar refractivity (Wildman–Crippen MR) is 61.6 cm³/mol. The van der Waals surface area contributed by atoms with Crippen molar-refractivity contribution in [2.24, 2.45) is 0 Å². The van der Waals surface area contributed by atoms with Crippen LogP contribution in [0.3, 0.4) is 0 Å². The summed E-state index contributed by atoms with van der Waals surface area (Å²) in [5.74, 6) is -0.409. The number of carbonyl (C=O) groups excluding carboxylic acids is 1. The SMILES string of the molecule is C/C=C/c1cccc([C@@H](C)C(=O)OC)c1. The van der Waals surface area contributed by atoms with Gasteiger partial charge in [0.1, 0.15) is 0 Å². The van der Waals surface area contributed by atoms with Gasteiger partial charge in [0.2, 0.25) is 0 Å². The van der Waals surface area contributed by atoms with Gasteiger partial charge < -0.3 is 4.74 Å². The molecule has 2 heteroatoms. The highest BCUT2D eigenvalue weighted by Crippen LogP contribution is 2.18. The van der Waals surface area contributed by atoms with Gasteiger partial charge in [-0.2, -0.15) is 0 Å². The van der Waals surface area contributed by atoms with Crippen molar-refractivity contribution in [1.82, 2.24) is 0 Å². The first-order valence-electron chi connectivity index (χ1n) is 4.99. The van der Waals surface area contributed by atoms with Crippen LogP contribution in [0.5, 0.6) is 0 Å². The maximum absolute atomic E-state index is 11.3. The third-order valence-corrected chi connectivity index (χ3v) is 2.32. The van der Waals surface area contributed by atoms with E-state index in [0.29, 0.717) is 0 Å². The molecule has 1 rings (SSSR count). The number of hydrogen-bond acceptors (Lipinski definition) is 2. The Bertz CT molecular complexity index is 367. The van der Waals surface area contributed by atoms with E-state index in [9.17, 15) is 4.79 Å². The minimum atomic E-state index is -0.208. The van der Waals surface area contributed by atoms with Crippen LogP contribution >= 0.6 is 0 Å². The average Bonchev–Trinajstić information content (AvgIpc) is 2.28. The fourth-order valence-corrected chi connectivity index (χ4v) is 1.44. The van der Waals surface area contributed by atoms with Gasteiger partial charge in [0, 0.05) is 0 Å². The number of carbonyl (C=O) groups is 1. The minimum Gasteiger partial charge on any atom is -0.469 e. The Kier molecular flexibility index (Phi) is 4.10. The molecule has 80 valence electrons. The van der Waals surface area contributed by atoms with Gasteiger partial charge in [-0.1, -0.05) is 36.4 Å². The third kappa shape index (κ3) is 2.94. The predicted octanol–water partition coefficient (Wildman–Crippen LogP) is 3.00. The van der Waals surface area contributed by atoms with Crippen LogP contribution in [0.2, 0.25) is 0 Å². The maximum atomic E-state index is 11.3. The first-order valence-corrected chi connectivity index (χ1v) is 4.99. The molecule has 0 saturated heterocycles. The molecule has 0 N–H and O–H groups in total. The summed E-state index contributed by atoms with van der Waals surface area (Å²) in [5.41, 5.74) is 2.09. The van der Waals surface area contributed by atoms with Crippen LogP contribution < -0.4 is 0 Å². The number of benzene rings is 1. The average molecular weight is 204 g/mol. The van der Waals surface area contributed by atoms with Gasteiger partial charge >= 0.3 is 5.97 Å². The van der Waals surface area contributed by atoms with Crippen molar-refractivity contribution in [3.63, 3.8) is 0 Å².